The van der Waals surface area contributed by atoms with Crippen molar-refractivity contribution in [2.24, 2.45) is 0 Å². The van der Waals surface area contributed by atoms with Gasteiger partial charge in [-0.2, -0.15) is 0 Å². The van der Waals surface area contributed by atoms with E-state index in [4.69, 9.17) is 19.3 Å². The smallest absolute Gasteiger partial charge is 0.462 e. The molecule has 9 heteroatoms. The minimum atomic E-state index is -4.68. The van der Waals surface area contributed by atoms with Crippen LogP contribution in [0, 0.1) is 0 Å². The fraction of sp³-hybridized carbons (Fsp3) is 0.867. The second-order valence-electron chi connectivity index (χ2n) is 5.57. The summed E-state index contributed by atoms with van der Waals surface area (Å²) in [6.45, 7) is 2.48. The van der Waals surface area contributed by atoms with E-state index in [0.717, 1.165) is 19.3 Å². The van der Waals surface area contributed by atoms with Crippen LogP contribution in [0.15, 0.2) is 0 Å². The van der Waals surface area contributed by atoms with Gasteiger partial charge in [-0.1, -0.05) is 45.4 Å². The zero-order valence-corrected chi connectivity index (χ0v) is 15.3. The van der Waals surface area contributed by atoms with Gasteiger partial charge < -0.3 is 19.3 Å². The lowest BCUT2D eigenvalue weighted by atomic mass is 10.1. The number of carbonyl (C=O) groups is 2. The summed E-state index contributed by atoms with van der Waals surface area (Å²) in [6.07, 6.45) is 6.59. The molecule has 0 aliphatic carbocycles. The lowest BCUT2D eigenvalue weighted by Gasteiger charge is -2.18. The standard InChI is InChI=1S/C15H29O8P/c1-3-4-5-6-7-8-9-10-15(17)23-14(11-21-13(2)16)12-22-24(18,19)20/h14H,3-12H2,1-2H3,(H2,18,19,20)/t14-/m0/s1. The summed E-state index contributed by atoms with van der Waals surface area (Å²) in [4.78, 5) is 39.9. The Morgan fingerprint density at radius 3 is 2.12 bits per heavy atom. The van der Waals surface area contributed by atoms with Crippen LogP contribution in [0.3, 0.4) is 0 Å². The van der Waals surface area contributed by atoms with Gasteiger partial charge in [0.1, 0.15) is 6.61 Å². The molecule has 0 saturated carbocycles. The van der Waals surface area contributed by atoms with Crippen molar-refractivity contribution in [3.05, 3.63) is 0 Å². The van der Waals surface area contributed by atoms with Gasteiger partial charge in [0.05, 0.1) is 6.61 Å². The van der Waals surface area contributed by atoms with Crippen molar-refractivity contribution >= 4 is 19.8 Å². The molecular weight excluding hydrogens is 339 g/mol. The van der Waals surface area contributed by atoms with Crippen LogP contribution < -0.4 is 0 Å². The van der Waals surface area contributed by atoms with Gasteiger partial charge in [0.25, 0.3) is 0 Å². The van der Waals surface area contributed by atoms with Crippen LogP contribution in [0.25, 0.3) is 0 Å². The Labute approximate surface area is 143 Å². The molecule has 0 bridgehead atoms. The molecule has 2 N–H and O–H groups in total. The van der Waals surface area contributed by atoms with Crippen LogP contribution in [-0.4, -0.2) is 41.0 Å². The molecule has 0 heterocycles. The Hall–Kier alpha value is -0.950. The van der Waals surface area contributed by atoms with Gasteiger partial charge in [0, 0.05) is 13.3 Å². The predicted molar refractivity (Wildman–Crippen MR) is 87.1 cm³/mol. The molecule has 0 aromatic rings. The van der Waals surface area contributed by atoms with E-state index in [0.29, 0.717) is 6.42 Å². The highest BCUT2D eigenvalue weighted by molar-refractivity contribution is 7.46. The van der Waals surface area contributed by atoms with E-state index in [2.05, 4.69) is 11.4 Å². The second kappa shape index (κ2) is 13.4. The molecule has 0 unspecified atom stereocenters. The maximum absolute atomic E-state index is 11.7. The molecule has 0 saturated heterocycles. The highest BCUT2D eigenvalue weighted by atomic mass is 31.2. The minimum absolute atomic E-state index is 0.209. The largest absolute Gasteiger partial charge is 0.469 e. The molecular formula is C15H29O8P. The van der Waals surface area contributed by atoms with Crippen molar-refractivity contribution in [1.82, 2.24) is 0 Å². The average molecular weight is 368 g/mol. The molecule has 8 nitrogen and oxygen atoms in total. The number of ether oxygens (including phenoxy) is 2. The van der Waals surface area contributed by atoms with E-state index >= 15 is 0 Å². The minimum Gasteiger partial charge on any atom is -0.462 e. The predicted octanol–water partition coefficient (Wildman–Crippen LogP) is 2.71. The van der Waals surface area contributed by atoms with E-state index in [1.165, 1.54) is 26.2 Å². The molecule has 1 atom stereocenters. The van der Waals surface area contributed by atoms with Crippen LogP contribution in [0.4, 0.5) is 0 Å². The summed E-state index contributed by atoms with van der Waals surface area (Å²) in [6, 6.07) is 0. The first-order valence-electron chi connectivity index (χ1n) is 8.27. The van der Waals surface area contributed by atoms with Gasteiger partial charge in [-0.15, -0.1) is 0 Å². The van der Waals surface area contributed by atoms with Gasteiger partial charge in [0.2, 0.25) is 0 Å². The number of hydrogen-bond acceptors (Lipinski definition) is 6. The highest BCUT2D eigenvalue weighted by Gasteiger charge is 2.22. The summed E-state index contributed by atoms with van der Waals surface area (Å²) in [5, 5.41) is 0. The third-order valence-corrected chi connectivity index (χ3v) is 3.67. The Morgan fingerprint density at radius 1 is 1.00 bits per heavy atom. The number of rotatable bonds is 14. The summed E-state index contributed by atoms with van der Waals surface area (Å²) < 4.78 is 24.8. The van der Waals surface area contributed by atoms with E-state index in [1.54, 1.807) is 0 Å². The first kappa shape index (κ1) is 23.1. The lowest BCUT2D eigenvalue weighted by Crippen LogP contribution is -2.29. The Kier molecular flexibility index (Phi) is 12.8. The molecule has 0 aromatic carbocycles. The number of phosphoric ester groups is 1. The average Bonchev–Trinajstić information content (AvgIpc) is 2.48. The fourth-order valence-electron chi connectivity index (χ4n) is 1.98. The molecule has 142 valence electrons. The van der Waals surface area contributed by atoms with Crippen molar-refractivity contribution < 1.29 is 37.9 Å². The van der Waals surface area contributed by atoms with Crippen molar-refractivity contribution in [3.8, 4) is 0 Å². The number of esters is 2. The fourth-order valence-corrected chi connectivity index (χ4v) is 2.34. The quantitative estimate of drug-likeness (QED) is 0.273. The van der Waals surface area contributed by atoms with Crippen LogP contribution >= 0.6 is 7.82 Å². The maximum Gasteiger partial charge on any atom is 0.469 e. The monoisotopic (exact) mass is 368 g/mol. The van der Waals surface area contributed by atoms with Crippen molar-refractivity contribution in [1.29, 1.82) is 0 Å². The zero-order valence-electron chi connectivity index (χ0n) is 14.4. The molecule has 0 radical (unpaired) electrons. The van der Waals surface area contributed by atoms with Crippen molar-refractivity contribution in [2.75, 3.05) is 13.2 Å². The summed E-state index contributed by atoms with van der Waals surface area (Å²) >= 11 is 0. The Balaban J connectivity index is 4.04. The summed E-state index contributed by atoms with van der Waals surface area (Å²) in [7, 11) is -4.68. The van der Waals surface area contributed by atoms with E-state index in [1.807, 2.05) is 0 Å². The number of unbranched alkanes of at least 4 members (excludes halogenated alkanes) is 6. The SMILES string of the molecule is CCCCCCCCCC(=O)O[C@@H](COC(C)=O)COP(=O)(O)O. The zero-order chi connectivity index (χ0) is 18.4. The summed E-state index contributed by atoms with van der Waals surface area (Å²) in [5.41, 5.74) is 0. The summed E-state index contributed by atoms with van der Waals surface area (Å²) in [5.74, 6) is -1.09. The first-order valence-corrected chi connectivity index (χ1v) is 9.80. The van der Waals surface area contributed by atoms with E-state index in [-0.39, 0.29) is 13.0 Å². The molecule has 24 heavy (non-hydrogen) atoms. The van der Waals surface area contributed by atoms with Crippen molar-refractivity contribution in [2.45, 2.75) is 71.3 Å². The molecule has 0 amide bonds. The molecule has 0 fully saturated rings. The van der Waals surface area contributed by atoms with Gasteiger partial charge in [-0.25, -0.2) is 4.57 Å². The maximum atomic E-state index is 11.7. The number of hydrogen-bond donors (Lipinski definition) is 2. The third-order valence-electron chi connectivity index (χ3n) is 3.18. The second-order valence-corrected chi connectivity index (χ2v) is 6.81. The number of carbonyl (C=O) groups excluding carboxylic acids is 2. The first-order chi connectivity index (χ1) is 11.2. The Morgan fingerprint density at radius 2 is 1.58 bits per heavy atom. The highest BCUT2D eigenvalue weighted by Crippen LogP contribution is 2.35. The van der Waals surface area contributed by atoms with Crippen LogP contribution in [-0.2, 0) is 28.2 Å². The van der Waals surface area contributed by atoms with Gasteiger partial charge >= 0.3 is 19.8 Å². The normalized spacial score (nSPS) is 12.7. The number of phosphoric acid groups is 1. The third kappa shape index (κ3) is 15.9. The molecule has 0 aliphatic rings. The van der Waals surface area contributed by atoms with Crippen LogP contribution in [0.2, 0.25) is 0 Å². The van der Waals surface area contributed by atoms with Gasteiger partial charge in [-0.3, -0.25) is 14.1 Å². The van der Waals surface area contributed by atoms with E-state index < -0.39 is 32.5 Å². The van der Waals surface area contributed by atoms with Crippen LogP contribution in [0.1, 0.15) is 65.2 Å². The Bertz CT molecular complexity index is 406. The van der Waals surface area contributed by atoms with E-state index in [9.17, 15) is 14.2 Å². The molecule has 0 aromatic heterocycles. The topological polar surface area (TPSA) is 119 Å². The molecule has 0 aliphatic heterocycles. The molecule has 0 spiro atoms. The van der Waals surface area contributed by atoms with Crippen LogP contribution in [0.5, 0.6) is 0 Å². The molecule has 0 rings (SSSR count). The van der Waals surface area contributed by atoms with Crippen molar-refractivity contribution in [3.63, 3.8) is 0 Å². The van der Waals surface area contributed by atoms with Gasteiger partial charge in [-0.05, 0) is 6.42 Å². The lowest BCUT2D eigenvalue weighted by molar-refractivity contribution is -0.160. The van der Waals surface area contributed by atoms with Gasteiger partial charge in [0.15, 0.2) is 6.10 Å².